The summed E-state index contributed by atoms with van der Waals surface area (Å²) in [5, 5.41) is 3.82. The standard InChI is InChI=1S/C19H30N2/c1-4-14(2)18-13-21(15(3)16-10-11-16)19(12-20-18)17-8-6-5-7-9-17/h5-9,14-16,18-20H,4,10-13H2,1-3H3. The molecule has 1 saturated heterocycles. The lowest BCUT2D eigenvalue weighted by Crippen LogP contribution is -2.57. The van der Waals surface area contributed by atoms with Crippen LogP contribution in [0.3, 0.4) is 0 Å². The topological polar surface area (TPSA) is 15.3 Å². The van der Waals surface area contributed by atoms with Crippen LogP contribution in [0.5, 0.6) is 0 Å². The van der Waals surface area contributed by atoms with Crippen LogP contribution in [0.2, 0.25) is 0 Å². The first kappa shape index (κ1) is 15.1. The Morgan fingerprint density at radius 3 is 2.52 bits per heavy atom. The first-order valence-electron chi connectivity index (χ1n) is 8.74. The largest absolute Gasteiger partial charge is 0.311 e. The monoisotopic (exact) mass is 286 g/mol. The van der Waals surface area contributed by atoms with Crippen LogP contribution in [0, 0.1) is 11.8 Å². The van der Waals surface area contributed by atoms with Gasteiger partial charge >= 0.3 is 0 Å². The van der Waals surface area contributed by atoms with Gasteiger partial charge in [-0.3, -0.25) is 4.90 Å². The summed E-state index contributed by atoms with van der Waals surface area (Å²) < 4.78 is 0. The normalized spacial score (nSPS) is 30.0. The lowest BCUT2D eigenvalue weighted by atomic mass is 9.91. The van der Waals surface area contributed by atoms with Gasteiger partial charge in [-0.15, -0.1) is 0 Å². The third-order valence-electron chi connectivity index (χ3n) is 5.72. The zero-order valence-electron chi connectivity index (χ0n) is 13.8. The summed E-state index contributed by atoms with van der Waals surface area (Å²) in [5.74, 6) is 1.70. The summed E-state index contributed by atoms with van der Waals surface area (Å²) in [6.45, 7) is 9.44. The lowest BCUT2D eigenvalue weighted by Gasteiger charge is -2.45. The number of nitrogens with one attached hydrogen (secondary N) is 1. The molecule has 4 atom stereocenters. The van der Waals surface area contributed by atoms with E-state index in [1.165, 1.54) is 31.4 Å². The van der Waals surface area contributed by atoms with Gasteiger partial charge in [0.05, 0.1) is 0 Å². The van der Waals surface area contributed by atoms with Gasteiger partial charge in [-0.1, -0.05) is 50.6 Å². The van der Waals surface area contributed by atoms with Crippen LogP contribution < -0.4 is 5.32 Å². The van der Waals surface area contributed by atoms with E-state index in [0.29, 0.717) is 12.1 Å². The van der Waals surface area contributed by atoms with E-state index < -0.39 is 0 Å². The van der Waals surface area contributed by atoms with E-state index in [1.54, 1.807) is 0 Å². The van der Waals surface area contributed by atoms with Gasteiger partial charge < -0.3 is 5.32 Å². The van der Waals surface area contributed by atoms with E-state index in [0.717, 1.165) is 24.4 Å². The molecule has 2 fully saturated rings. The summed E-state index contributed by atoms with van der Waals surface area (Å²) in [6, 6.07) is 13.0. The molecular weight excluding hydrogens is 256 g/mol. The molecule has 1 aliphatic heterocycles. The second-order valence-corrected chi connectivity index (χ2v) is 7.10. The fourth-order valence-corrected chi connectivity index (χ4v) is 3.75. The number of hydrogen-bond acceptors (Lipinski definition) is 2. The molecule has 1 aliphatic carbocycles. The summed E-state index contributed by atoms with van der Waals surface area (Å²) in [7, 11) is 0. The molecule has 1 saturated carbocycles. The summed E-state index contributed by atoms with van der Waals surface area (Å²) >= 11 is 0. The van der Waals surface area contributed by atoms with E-state index in [2.05, 4.69) is 61.3 Å². The minimum Gasteiger partial charge on any atom is -0.311 e. The van der Waals surface area contributed by atoms with Crippen LogP contribution in [0.4, 0.5) is 0 Å². The highest BCUT2D eigenvalue weighted by Gasteiger charge is 2.39. The van der Waals surface area contributed by atoms with Crippen LogP contribution in [0.15, 0.2) is 30.3 Å². The first-order valence-corrected chi connectivity index (χ1v) is 8.74. The van der Waals surface area contributed by atoms with Crippen molar-refractivity contribution in [3.05, 3.63) is 35.9 Å². The number of piperazine rings is 1. The highest BCUT2D eigenvalue weighted by atomic mass is 15.3. The zero-order chi connectivity index (χ0) is 14.8. The molecule has 0 radical (unpaired) electrons. The maximum absolute atomic E-state index is 3.82. The predicted octanol–water partition coefficient (Wildman–Crippen LogP) is 3.85. The molecule has 1 N–H and O–H groups in total. The Labute approximate surface area is 129 Å². The predicted molar refractivity (Wildman–Crippen MR) is 89.3 cm³/mol. The Hall–Kier alpha value is -0.860. The van der Waals surface area contributed by atoms with Crippen molar-refractivity contribution in [2.75, 3.05) is 13.1 Å². The molecule has 21 heavy (non-hydrogen) atoms. The Kier molecular flexibility index (Phi) is 4.66. The van der Waals surface area contributed by atoms with Crippen LogP contribution >= 0.6 is 0 Å². The smallest absolute Gasteiger partial charge is 0.0476 e. The van der Waals surface area contributed by atoms with E-state index in [1.807, 2.05) is 0 Å². The van der Waals surface area contributed by atoms with Crippen molar-refractivity contribution in [2.24, 2.45) is 11.8 Å². The zero-order valence-corrected chi connectivity index (χ0v) is 13.8. The third kappa shape index (κ3) is 3.32. The number of benzene rings is 1. The highest BCUT2D eigenvalue weighted by molar-refractivity contribution is 5.21. The molecule has 3 rings (SSSR count). The van der Waals surface area contributed by atoms with Gasteiger partial charge in [-0.2, -0.15) is 0 Å². The minimum atomic E-state index is 0.544. The molecule has 1 heterocycles. The van der Waals surface area contributed by atoms with Gasteiger partial charge in [0.1, 0.15) is 0 Å². The Morgan fingerprint density at radius 1 is 1.19 bits per heavy atom. The number of hydrogen-bond donors (Lipinski definition) is 1. The second-order valence-electron chi connectivity index (χ2n) is 7.10. The molecule has 2 nitrogen and oxygen atoms in total. The van der Waals surface area contributed by atoms with Crippen LogP contribution in [-0.2, 0) is 0 Å². The fraction of sp³-hybridized carbons (Fsp3) is 0.684. The van der Waals surface area contributed by atoms with Gasteiger partial charge in [0, 0.05) is 31.2 Å². The maximum Gasteiger partial charge on any atom is 0.0476 e. The van der Waals surface area contributed by atoms with Crippen LogP contribution in [-0.4, -0.2) is 30.1 Å². The van der Waals surface area contributed by atoms with Crippen molar-refractivity contribution in [3.63, 3.8) is 0 Å². The Bertz CT molecular complexity index is 440. The molecular formula is C19H30N2. The first-order chi connectivity index (χ1) is 10.2. The molecule has 0 spiro atoms. The molecule has 1 aromatic rings. The van der Waals surface area contributed by atoms with E-state index in [4.69, 9.17) is 0 Å². The molecule has 1 aromatic carbocycles. The minimum absolute atomic E-state index is 0.544. The van der Waals surface area contributed by atoms with E-state index in [-0.39, 0.29) is 0 Å². The quantitative estimate of drug-likeness (QED) is 0.884. The van der Waals surface area contributed by atoms with Gasteiger partial charge in [0.25, 0.3) is 0 Å². The second kappa shape index (κ2) is 6.50. The molecule has 0 bridgehead atoms. The summed E-state index contributed by atoms with van der Waals surface area (Å²) in [4.78, 5) is 2.79. The molecule has 0 aromatic heterocycles. The van der Waals surface area contributed by atoms with Gasteiger partial charge in [-0.25, -0.2) is 0 Å². The maximum atomic E-state index is 3.82. The lowest BCUT2D eigenvalue weighted by molar-refractivity contribution is 0.0635. The van der Waals surface area contributed by atoms with Crippen molar-refractivity contribution in [3.8, 4) is 0 Å². The SMILES string of the molecule is CCC(C)C1CN(C(C)C2CC2)C(c2ccccc2)CN1. The van der Waals surface area contributed by atoms with Crippen LogP contribution in [0.25, 0.3) is 0 Å². The van der Waals surface area contributed by atoms with Gasteiger partial charge in [0.15, 0.2) is 0 Å². The van der Waals surface area contributed by atoms with E-state index >= 15 is 0 Å². The number of nitrogens with zero attached hydrogens (tertiary/aromatic N) is 1. The van der Waals surface area contributed by atoms with Gasteiger partial charge in [0.2, 0.25) is 0 Å². The average Bonchev–Trinajstić information content (AvgIpc) is 3.38. The van der Waals surface area contributed by atoms with Crippen LogP contribution in [0.1, 0.15) is 51.6 Å². The van der Waals surface area contributed by atoms with Crippen molar-refractivity contribution in [1.29, 1.82) is 0 Å². The molecule has 116 valence electrons. The Balaban J connectivity index is 1.78. The molecule has 2 aliphatic rings. The molecule has 4 unspecified atom stereocenters. The molecule has 0 amide bonds. The summed E-state index contributed by atoms with van der Waals surface area (Å²) in [5.41, 5.74) is 1.47. The van der Waals surface area contributed by atoms with Crippen molar-refractivity contribution in [1.82, 2.24) is 10.2 Å². The molecule has 2 heteroatoms. The highest BCUT2D eigenvalue weighted by Crippen LogP contribution is 2.39. The van der Waals surface area contributed by atoms with Gasteiger partial charge in [-0.05, 0) is 37.2 Å². The Morgan fingerprint density at radius 2 is 1.90 bits per heavy atom. The third-order valence-corrected chi connectivity index (χ3v) is 5.72. The van der Waals surface area contributed by atoms with E-state index in [9.17, 15) is 0 Å². The van der Waals surface area contributed by atoms with Crippen molar-refractivity contribution >= 4 is 0 Å². The number of rotatable bonds is 5. The fourth-order valence-electron chi connectivity index (χ4n) is 3.75. The summed E-state index contributed by atoms with van der Waals surface area (Å²) in [6.07, 6.45) is 4.13. The van der Waals surface area contributed by atoms with Crippen molar-refractivity contribution in [2.45, 2.75) is 58.2 Å². The average molecular weight is 286 g/mol. The van der Waals surface area contributed by atoms with Crippen molar-refractivity contribution < 1.29 is 0 Å².